The van der Waals surface area contributed by atoms with E-state index in [1.807, 2.05) is 30.3 Å². The number of pyridine rings is 1. The van der Waals surface area contributed by atoms with E-state index in [0.717, 1.165) is 18.0 Å². The Hall–Kier alpha value is -2.08. The maximum absolute atomic E-state index is 13.9. The predicted molar refractivity (Wildman–Crippen MR) is 79.0 cm³/mol. The molecule has 0 spiro atoms. The van der Waals surface area contributed by atoms with E-state index in [-0.39, 0.29) is 5.82 Å². The molecule has 104 valence electrons. The second-order valence-corrected chi connectivity index (χ2v) is 4.69. The van der Waals surface area contributed by atoms with Crippen molar-refractivity contribution in [3.8, 4) is 0 Å². The van der Waals surface area contributed by atoms with Gasteiger partial charge in [-0.1, -0.05) is 30.4 Å². The summed E-state index contributed by atoms with van der Waals surface area (Å²) in [6.07, 6.45) is 1.39. The first-order chi connectivity index (χ1) is 9.58. The van der Waals surface area contributed by atoms with E-state index < -0.39 is 11.6 Å². The maximum Gasteiger partial charge on any atom is 0.169 e. The molecule has 0 aliphatic rings. The average molecular weight is 293 g/mol. The summed E-state index contributed by atoms with van der Waals surface area (Å²) in [4.78, 5) is 5.77. The Morgan fingerprint density at radius 3 is 2.55 bits per heavy atom. The highest BCUT2D eigenvalue weighted by Crippen LogP contribution is 2.26. The van der Waals surface area contributed by atoms with Gasteiger partial charge in [0.25, 0.3) is 0 Å². The van der Waals surface area contributed by atoms with Crippen molar-refractivity contribution in [2.45, 2.75) is 6.42 Å². The molecule has 20 heavy (non-hydrogen) atoms. The normalized spacial score (nSPS) is 10.3. The number of para-hydroxylation sites is 1. The first kappa shape index (κ1) is 14.3. The molecular weight excluding hydrogens is 280 g/mol. The minimum Gasteiger partial charge on any atom is -0.393 e. The molecule has 0 amide bonds. The third-order valence-electron chi connectivity index (χ3n) is 2.69. The molecular formula is C14H13F2N3S. The molecule has 0 atom stereocenters. The highest BCUT2D eigenvalue weighted by Gasteiger charge is 2.16. The predicted octanol–water partition coefficient (Wildman–Crippen LogP) is 3.17. The topological polar surface area (TPSA) is 42.1 Å². The Morgan fingerprint density at radius 1 is 1.25 bits per heavy atom. The lowest BCUT2D eigenvalue weighted by molar-refractivity contribution is 0.572. The zero-order valence-electron chi connectivity index (χ0n) is 10.6. The van der Waals surface area contributed by atoms with E-state index in [1.54, 1.807) is 4.90 Å². The van der Waals surface area contributed by atoms with Crippen molar-refractivity contribution in [2.75, 3.05) is 11.4 Å². The van der Waals surface area contributed by atoms with Gasteiger partial charge in [0.15, 0.2) is 11.6 Å². The van der Waals surface area contributed by atoms with Crippen LogP contribution in [0.2, 0.25) is 0 Å². The first-order valence-corrected chi connectivity index (χ1v) is 6.40. The minimum absolute atomic E-state index is 0.0499. The van der Waals surface area contributed by atoms with E-state index in [2.05, 4.69) is 4.98 Å². The summed E-state index contributed by atoms with van der Waals surface area (Å²) in [6.45, 7) is 0.370. The molecule has 3 nitrogen and oxygen atoms in total. The average Bonchev–Trinajstić information content (AvgIpc) is 2.42. The number of nitrogens with zero attached hydrogens (tertiary/aromatic N) is 2. The van der Waals surface area contributed by atoms with Gasteiger partial charge in [0.05, 0.1) is 11.2 Å². The molecule has 0 radical (unpaired) electrons. The smallest absolute Gasteiger partial charge is 0.169 e. The van der Waals surface area contributed by atoms with Crippen LogP contribution in [0, 0.1) is 11.6 Å². The van der Waals surface area contributed by atoms with Crippen LogP contribution in [0.3, 0.4) is 0 Å². The van der Waals surface area contributed by atoms with E-state index in [0.29, 0.717) is 18.0 Å². The number of nitrogens with two attached hydrogens (primary N) is 1. The molecule has 0 unspecified atom stereocenters. The standard InChI is InChI=1S/C14H13F2N3S/c15-10-8-12(16)14(18-9-10)19(7-6-13(17)20)11-4-2-1-3-5-11/h1-5,8-9H,6-7H2,(H2,17,20). The largest absolute Gasteiger partial charge is 0.393 e. The summed E-state index contributed by atoms with van der Waals surface area (Å²) in [5.74, 6) is -1.39. The van der Waals surface area contributed by atoms with Crippen molar-refractivity contribution in [1.29, 1.82) is 0 Å². The third kappa shape index (κ3) is 3.48. The molecule has 0 saturated heterocycles. The lowest BCUT2D eigenvalue weighted by Gasteiger charge is -2.24. The van der Waals surface area contributed by atoms with Gasteiger partial charge in [-0.3, -0.25) is 0 Å². The van der Waals surface area contributed by atoms with E-state index in [4.69, 9.17) is 18.0 Å². The van der Waals surface area contributed by atoms with Gasteiger partial charge in [-0.25, -0.2) is 13.8 Å². The van der Waals surface area contributed by atoms with Gasteiger partial charge in [-0.05, 0) is 12.1 Å². The van der Waals surface area contributed by atoms with Gasteiger partial charge < -0.3 is 10.6 Å². The Balaban J connectivity index is 2.37. The second kappa shape index (κ2) is 6.38. The highest BCUT2D eigenvalue weighted by atomic mass is 32.1. The highest BCUT2D eigenvalue weighted by molar-refractivity contribution is 7.80. The van der Waals surface area contributed by atoms with E-state index in [9.17, 15) is 8.78 Å². The van der Waals surface area contributed by atoms with Gasteiger partial charge in [0.1, 0.15) is 5.82 Å². The van der Waals surface area contributed by atoms with Crippen molar-refractivity contribution in [3.05, 3.63) is 54.2 Å². The maximum atomic E-state index is 13.9. The van der Waals surface area contributed by atoms with Crippen molar-refractivity contribution in [3.63, 3.8) is 0 Å². The van der Waals surface area contributed by atoms with Gasteiger partial charge in [0, 0.05) is 24.7 Å². The first-order valence-electron chi connectivity index (χ1n) is 6.00. The zero-order chi connectivity index (χ0) is 14.5. The second-order valence-electron chi connectivity index (χ2n) is 4.16. The van der Waals surface area contributed by atoms with E-state index >= 15 is 0 Å². The monoisotopic (exact) mass is 293 g/mol. The molecule has 2 rings (SSSR count). The number of anilines is 2. The fraction of sp³-hybridized carbons (Fsp3) is 0.143. The van der Waals surface area contributed by atoms with Crippen LogP contribution in [0.1, 0.15) is 6.42 Å². The van der Waals surface area contributed by atoms with Crippen molar-refractivity contribution in [1.82, 2.24) is 4.98 Å². The van der Waals surface area contributed by atoms with Crippen LogP contribution in [0.4, 0.5) is 20.3 Å². The zero-order valence-corrected chi connectivity index (χ0v) is 11.4. The molecule has 1 heterocycles. The Kier molecular flexibility index (Phi) is 4.57. The molecule has 6 heteroatoms. The summed E-state index contributed by atoms with van der Waals surface area (Å²) in [5, 5.41) is 0. The lowest BCUT2D eigenvalue weighted by atomic mass is 10.2. The SMILES string of the molecule is NC(=S)CCN(c1ccccc1)c1ncc(F)cc1F. The van der Waals surface area contributed by atoms with Crippen LogP contribution in [0.15, 0.2) is 42.6 Å². The molecule has 0 saturated carbocycles. The number of hydrogen-bond acceptors (Lipinski definition) is 3. The number of aromatic nitrogens is 1. The molecule has 0 aliphatic heterocycles. The molecule has 0 fully saturated rings. The van der Waals surface area contributed by atoms with Gasteiger partial charge >= 0.3 is 0 Å². The number of benzene rings is 1. The molecule has 1 aromatic carbocycles. The van der Waals surface area contributed by atoms with Crippen molar-refractivity contribution < 1.29 is 8.78 Å². The molecule has 2 aromatic rings. The fourth-order valence-corrected chi connectivity index (χ4v) is 1.88. The van der Waals surface area contributed by atoms with Crippen molar-refractivity contribution >= 4 is 28.7 Å². The number of rotatable bonds is 5. The summed E-state index contributed by atoms with van der Waals surface area (Å²) in [5.41, 5.74) is 6.23. The van der Waals surface area contributed by atoms with Crippen LogP contribution in [0.25, 0.3) is 0 Å². The third-order valence-corrected chi connectivity index (χ3v) is 2.90. The summed E-state index contributed by atoms with van der Waals surface area (Å²) in [6, 6.07) is 9.92. The molecule has 1 aromatic heterocycles. The van der Waals surface area contributed by atoms with Crippen LogP contribution >= 0.6 is 12.2 Å². The molecule has 2 N–H and O–H groups in total. The number of halogens is 2. The number of hydrogen-bond donors (Lipinski definition) is 1. The van der Waals surface area contributed by atoms with Crippen molar-refractivity contribution in [2.24, 2.45) is 5.73 Å². The molecule has 0 aliphatic carbocycles. The van der Waals surface area contributed by atoms with Crippen LogP contribution in [0.5, 0.6) is 0 Å². The van der Waals surface area contributed by atoms with Crippen LogP contribution in [-0.2, 0) is 0 Å². The van der Waals surface area contributed by atoms with Gasteiger partial charge in [-0.2, -0.15) is 0 Å². The Bertz CT molecular complexity index is 605. The van der Waals surface area contributed by atoms with Gasteiger partial charge in [-0.15, -0.1) is 0 Å². The summed E-state index contributed by atoms with van der Waals surface area (Å²) in [7, 11) is 0. The Labute approximate surface area is 121 Å². The molecule has 0 bridgehead atoms. The summed E-state index contributed by atoms with van der Waals surface area (Å²) < 4.78 is 26.9. The van der Waals surface area contributed by atoms with E-state index in [1.165, 1.54) is 0 Å². The fourth-order valence-electron chi connectivity index (χ4n) is 1.79. The van der Waals surface area contributed by atoms with Crippen LogP contribution in [-0.4, -0.2) is 16.5 Å². The lowest BCUT2D eigenvalue weighted by Crippen LogP contribution is -2.24. The summed E-state index contributed by atoms with van der Waals surface area (Å²) >= 11 is 4.84. The minimum atomic E-state index is -0.725. The number of thiocarbonyl (C=S) groups is 1. The van der Waals surface area contributed by atoms with Crippen LogP contribution < -0.4 is 10.6 Å². The quantitative estimate of drug-likeness (QED) is 0.860. The Morgan fingerprint density at radius 2 is 1.95 bits per heavy atom. The van der Waals surface area contributed by atoms with Gasteiger partial charge in [0.2, 0.25) is 0 Å².